The second kappa shape index (κ2) is 18.6. The number of nitrogens with zero attached hydrogens (tertiary/aromatic N) is 1. The minimum atomic E-state index is -0.691. The van der Waals surface area contributed by atoms with Crippen molar-refractivity contribution in [1.82, 2.24) is 0 Å². The third-order valence-corrected chi connectivity index (χ3v) is 16.5. The van der Waals surface area contributed by atoms with E-state index in [9.17, 15) is 0 Å². The van der Waals surface area contributed by atoms with Crippen LogP contribution < -0.4 is 4.90 Å². The molecule has 0 saturated carbocycles. The summed E-state index contributed by atoms with van der Waals surface area (Å²) in [5, 5.41) is 2.52. The molecule has 0 bridgehead atoms. The summed E-state index contributed by atoms with van der Waals surface area (Å²) in [4.78, 5) is 2.61. The van der Waals surface area contributed by atoms with E-state index in [1.165, 1.54) is 75.8 Å². The van der Waals surface area contributed by atoms with Crippen LogP contribution in [0.4, 0.5) is 17.1 Å². The molecule has 0 N–H and O–H groups in total. The zero-order valence-electron chi connectivity index (χ0n) is 41.1. The van der Waals surface area contributed by atoms with Crippen LogP contribution in [0.3, 0.4) is 0 Å². The van der Waals surface area contributed by atoms with Crippen LogP contribution in [0.5, 0.6) is 0 Å². The lowest BCUT2D eigenvalue weighted by Crippen LogP contribution is -2.30. The second-order valence-corrected chi connectivity index (χ2v) is 20.5. The fraction of sp³-hybridized carbons (Fsp3) is 0.0137. The number of benzene rings is 12. The Morgan fingerprint density at radius 3 is 1.39 bits per heavy atom. The van der Waals surface area contributed by atoms with Crippen molar-refractivity contribution in [3.63, 3.8) is 0 Å². The van der Waals surface area contributed by atoms with Gasteiger partial charge in [-0.25, -0.2) is 0 Å². The maximum Gasteiger partial charge on any atom is 0.0733 e. The summed E-state index contributed by atoms with van der Waals surface area (Å²) in [7, 11) is 0. The predicted octanol–water partition coefficient (Wildman–Crippen LogP) is 20.2. The quantitative estimate of drug-likeness (QED) is 0.132. The lowest BCUT2D eigenvalue weighted by Gasteiger charge is -2.39. The molecule has 1 heterocycles. The van der Waals surface area contributed by atoms with Gasteiger partial charge in [0, 0.05) is 31.4 Å². The van der Waals surface area contributed by atoms with Crippen molar-refractivity contribution in [2.75, 3.05) is 4.90 Å². The monoisotopic (exact) mass is 971 g/mol. The number of hydrogen-bond donors (Lipinski definition) is 0. The molecular formula is C73H49NS. The van der Waals surface area contributed by atoms with Crippen molar-refractivity contribution in [2.24, 2.45) is 0 Å². The first-order valence-corrected chi connectivity index (χ1v) is 26.6. The van der Waals surface area contributed by atoms with E-state index in [2.05, 4.69) is 302 Å². The predicted molar refractivity (Wildman–Crippen MR) is 318 cm³/mol. The minimum Gasteiger partial charge on any atom is -0.309 e. The number of thiophene rings is 1. The molecule has 1 aromatic heterocycles. The Bertz CT molecular complexity index is 4130. The summed E-state index contributed by atoms with van der Waals surface area (Å²) in [5.74, 6) is 0. The van der Waals surface area contributed by atoms with E-state index in [4.69, 9.17) is 0 Å². The van der Waals surface area contributed by atoms with E-state index in [1.54, 1.807) is 0 Å². The fourth-order valence-electron chi connectivity index (χ4n) is 12.2. The van der Waals surface area contributed by atoms with Gasteiger partial charge in [0.05, 0.1) is 16.8 Å². The number of fused-ring (bicyclic) bond motifs is 6. The fourth-order valence-corrected chi connectivity index (χ4v) is 13.3. The van der Waals surface area contributed by atoms with Gasteiger partial charge in [-0.3, -0.25) is 0 Å². The molecule has 75 heavy (non-hydrogen) atoms. The molecule has 1 aliphatic carbocycles. The normalized spacial score (nSPS) is 12.4. The van der Waals surface area contributed by atoms with E-state index in [-0.39, 0.29) is 0 Å². The van der Waals surface area contributed by atoms with E-state index in [0.29, 0.717) is 0 Å². The standard InChI is InChI=1S/C73H49NS/c1-5-25-50(26-6-1)53-47-54(51-27-7-2-8-28-51)49-56(48-53)74(67-43-21-20-42-66(67)73(55-31-11-4-12-32-55)64-40-18-15-35-59(64)60-36-16-19-41-65(60)73)68-44-23-38-61(58-34-14-13-33-57(58)52-29-9-3-10-30-52)71(68)63-39-24-46-70-72(63)62-37-17-22-45-69(62)75-70/h1-49H. The van der Waals surface area contributed by atoms with Crippen molar-refractivity contribution >= 4 is 48.6 Å². The van der Waals surface area contributed by atoms with Crippen molar-refractivity contribution in [3.05, 3.63) is 320 Å². The molecule has 0 amide bonds. The van der Waals surface area contributed by atoms with Crippen LogP contribution in [0.15, 0.2) is 297 Å². The molecule has 13 aromatic rings. The van der Waals surface area contributed by atoms with E-state index in [0.717, 1.165) is 50.4 Å². The lowest BCUT2D eigenvalue weighted by atomic mass is 9.67. The molecule has 0 aliphatic heterocycles. The molecule has 2 heteroatoms. The third-order valence-electron chi connectivity index (χ3n) is 15.4. The van der Waals surface area contributed by atoms with Gasteiger partial charge < -0.3 is 4.90 Å². The van der Waals surface area contributed by atoms with Crippen LogP contribution in [-0.4, -0.2) is 0 Å². The minimum absolute atomic E-state index is 0.691. The summed E-state index contributed by atoms with van der Waals surface area (Å²) in [6, 6.07) is 110. The van der Waals surface area contributed by atoms with Gasteiger partial charge in [-0.1, -0.05) is 255 Å². The zero-order chi connectivity index (χ0) is 49.7. The van der Waals surface area contributed by atoms with Gasteiger partial charge in [-0.15, -0.1) is 11.3 Å². The number of para-hydroxylation sites is 1. The van der Waals surface area contributed by atoms with Gasteiger partial charge in [0.25, 0.3) is 0 Å². The topological polar surface area (TPSA) is 3.24 Å². The Balaban J connectivity index is 1.16. The molecule has 0 fully saturated rings. The van der Waals surface area contributed by atoms with E-state index in [1.807, 2.05) is 11.3 Å². The van der Waals surface area contributed by atoms with E-state index >= 15 is 0 Å². The SMILES string of the molecule is c1ccc(-c2cc(-c3ccccc3)cc(N(c3ccccc3C3(c4ccccc4)c4ccccc4-c4ccccc43)c3cccc(-c4ccccc4-c4ccccc4)c3-c3cccc4sc5ccccc5c34)c2)cc1. The summed E-state index contributed by atoms with van der Waals surface area (Å²) in [5.41, 5.74) is 21.7. The molecule has 0 unspecified atom stereocenters. The Hall–Kier alpha value is -9.34. The molecule has 352 valence electrons. The first kappa shape index (κ1) is 44.4. The van der Waals surface area contributed by atoms with Gasteiger partial charge in [0.1, 0.15) is 0 Å². The Morgan fingerprint density at radius 2 is 0.733 bits per heavy atom. The van der Waals surface area contributed by atoms with Gasteiger partial charge in [0.15, 0.2) is 0 Å². The highest BCUT2D eigenvalue weighted by molar-refractivity contribution is 7.26. The largest absolute Gasteiger partial charge is 0.309 e. The number of anilines is 3. The Morgan fingerprint density at radius 1 is 0.280 bits per heavy atom. The average Bonchev–Trinajstić information content (AvgIpc) is 4.08. The van der Waals surface area contributed by atoms with E-state index < -0.39 is 5.41 Å². The molecule has 0 spiro atoms. The van der Waals surface area contributed by atoms with Gasteiger partial charge in [-0.05, 0) is 126 Å². The van der Waals surface area contributed by atoms with Crippen LogP contribution in [0, 0.1) is 0 Å². The van der Waals surface area contributed by atoms with Crippen molar-refractivity contribution in [3.8, 4) is 66.8 Å². The molecule has 12 aromatic carbocycles. The average molecular weight is 972 g/mol. The maximum absolute atomic E-state index is 2.61. The highest BCUT2D eigenvalue weighted by atomic mass is 32.1. The number of hydrogen-bond acceptors (Lipinski definition) is 2. The highest BCUT2D eigenvalue weighted by Gasteiger charge is 2.48. The summed E-state index contributed by atoms with van der Waals surface area (Å²) < 4.78 is 2.54. The molecule has 1 nitrogen and oxygen atoms in total. The smallest absolute Gasteiger partial charge is 0.0733 e. The van der Waals surface area contributed by atoms with Crippen molar-refractivity contribution in [2.45, 2.75) is 5.41 Å². The van der Waals surface area contributed by atoms with Crippen molar-refractivity contribution in [1.29, 1.82) is 0 Å². The molecule has 0 atom stereocenters. The van der Waals surface area contributed by atoms with Crippen LogP contribution >= 0.6 is 11.3 Å². The summed E-state index contributed by atoms with van der Waals surface area (Å²) >= 11 is 1.87. The number of rotatable bonds is 10. The molecule has 0 saturated heterocycles. The Kier molecular flexibility index (Phi) is 11.0. The molecule has 0 radical (unpaired) electrons. The Labute approximate surface area is 442 Å². The highest BCUT2D eigenvalue weighted by Crippen LogP contribution is 2.60. The maximum atomic E-state index is 2.61. The second-order valence-electron chi connectivity index (χ2n) is 19.4. The van der Waals surface area contributed by atoms with Gasteiger partial charge in [0.2, 0.25) is 0 Å². The zero-order valence-corrected chi connectivity index (χ0v) is 42.0. The van der Waals surface area contributed by atoms with Crippen LogP contribution in [0.25, 0.3) is 86.9 Å². The third kappa shape index (κ3) is 7.37. The summed E-state index contributed by atoms with van der Waals surface area (Å²) in [6.45, 7) is 0. The summed E-state index contributed by atoms with van der Waals surface area (Å²) in [6.07, 6.45) is 0. The molecular weight excluding hydrogens is 923 g/mol. The van der Waals surface area contributed by atoms with Crippen LogP contribution in [0.1, 0.15) is 22.3 Å². The van der Waals surface area contributed by atoms with Gasteiger partial charge in [-0.2, -0.15) is 0 Å². The van der Waals surface area contributed by atoms with Crippen LogP contribution in [0.2, 0.25) is 0 Å². The first-order valence-electron chi connectivity index (χ1n) is 25.8. The molecule has 14 rings (SSSR count). The first-order chi connectivity index (χ1) is 37.2. The lowest BCUT2D eigenvalue weighted by molar-refractivity contribution is 0.768. The van der Waals surface area contributed by atoms with Crippen molar-refractivity contribution < 1.29 is 0 Å². The van der Waals surface area contributed by atoms with Gasteiger partial charge >= 0.3 is 0 Å². The molecule has 1 aliphatic rings. The van der Waals surface area contributed by atoms with Crippen LogP contribution in [-0.2, 0) is 5.41 Å².